The van der Waals surface area contributed by atoms with E-state index in [1.54, 1.807) is 30.5 Å². The van der Waals surface area contributed by atoms with Crippen LogP contribution in [0.4, 0.5) is 5.82 Å². The molecule has 1 unspecified atom stereocenters. The van der Waals surface area contributed by atoms with Crippen molar-refractivity contribution in [3.05, 3.63) is 127 Å². The van der Waals surface area contributed by atoms with Crippen LogP contribution in [0.1, 0.15) is 38.0 Å². The Labute approximate surface area is 227 Å². The van der Waals surface area contributed by atoms with Crippen LogP contribution in [0.5, 0.6) is 0 Å². The standard InChI is InChI=1S/C30H24N4O4S/c1-33-26-24(28(35)34(2)30(33)37)22(17-13-15-19(16-14-17)29(36)38-3)23(25(32-26)18-9-5-4-6-10-18)27-31-20-11-7-8-12-21(20)39-27/h4-16,22,32H,1-3H3. The molecule has 0 spiro atoms. The Balaban J connectivity index is 1.72. The number of nitrogens with one attached hydrogen (secondary N) is 1. The molecule has 3 heterocycles. The van der Waals surface area contributed by atoms with Gasteiger partial charge < -0.3 is 10.1 Å². The number of hydrogen-bond donors (Lipinski definition) is 1. The summed E-state index contributed by atoms with van der Waals surface area (Å²) in [6.07, 6.45) is 0. The highest BCUT2D eigenvalue weighted by atomic mass is 32.1. The van der Waals surface area contributed by atoms with Crippen molar-refractivity contribution in [2.24, 2.45) is 14.1 Å². The zero-order chi connectivity index (χ0) is 27.3. The minimum absolute atomic E-state index is 0.395. The molecule has 194 valence electrons. The first-order chi connectivity index (χ1) is 18.9. The van der Waals surface area contributed by atoms with Crippen LogP contribution >= 0.6 is 11.3 Å². The highest BCUT2D eigenvalue weighted by Crippen LogP contribution is 2.48. The van der Waals surface area contributed by atoms with E-state index < -0.39 is 23.1 Å². The third-order valence-corrected chi connectivity index (χ3v) is 8.11. The van der Waals surface area contributed by atoms with Crippen molar-refractivity contribution in [1.82, 2.24) is 14.1 Å². The lowest BCUT2D eigenvalue weighted by atomic mass is 9.81. The molecule has 0 saturated carbocycles. The summed E-state index contributed by atoms with van der Waals surface area (Å²) in [5.41, 5.74) is 4.11. The number of benzene rings is 3. The Morgan fingerprint density at radius 2 is 1.62 bits per heavy atom. The number of allylic oxidation sites excluding steroid dienone is 1. The Kier molecular flexibility index (Phi) is 6.00. The average molecular weight is 537 g/mol. The Hall–Kier alpha value is -4.76. The first-order valence-electron chi connectivity index (χ1n) is 12.3. The molecule has 0 fully saturated rings. The monoisotopic (exact) mass is 536 g/mol. The number of carbonyl (C=O) groups excluding carboxylic acids is 1. The Morgan fingerprint density at radius 1 is 0.923 bits per heavy atom. The molecule has 0 aliphatic carbocycles. The second kappa shape index (κ2) is 9.52. The van der Waals surface area contributed by atoms with Gasteiger partial charge in [-0.25, -0.2) is 14.6 Å². The number of ether oxygens (including phenoxy) is 1. The normalized spacial score (nSPS) is 14.7. The summed E-state index contributed by atoms with van der Waals surface area (Å²) in [5, 5.41) is 4.20. The number of rotatable bonds is 4. The molecule has 0 bridgehead atoms. The maximum atomic E-state index is 13.8. The van der Waals surface area contributed by atoms with Gasteiger partial charge in [0, 0.05) is 25.6 Å². The summed E-state index contributed by atoms with van der Waals surface area (Å²) in [6, 6.07) is 24.7. The fourth-order valence-electron chi connectivity index (χ4n) is 5.07. The van der Waals surface area contributed by atoms with E-state index in [0.29, 0.717) is 16.9 Å². The number of aromatic nitrogens is 3. The van der Waals surface area contributed by atoms with Crippen molar-refractivity contribution in [3.8, 4) is 0 Å². The van der Waals surface area contributed by atoms with E-state index >= 15 is 0 Å². The molecule has 6 rings (SSSR count). The van der Waals surface area contributed by atoms with Gasteiger partial charge in [0.15, 0.2) is 0 Å². The topological polar surface area (TPSA) is 95.2 Å². The Bertz CT molecular complexity index is 1870. The summed E-state index contributed by atoms with van der Waals surface area (Å²) in [6.45, 7) is 0. The predicted octanol–water partition coefficient (Wildman–Crippen LogP) is 4.61. The molecule has 39 heavy (non-hydrogen) atoms. The van der Waals surface area contributed by atoms with Crippen LogP contribution < -0.4 is 16.6 Å². The maximum Gasteiger partial charge on any atom is 0.337 e. The van der Waals surface area contributed by atoms with Crippen molar-refractivity contribution in [3.63, 3.8) is 0 Å². The van der Waals surface area contributed by atoms with Gasteiger partial charge in [0.25, 0.3) is 5.56 Å². The van der Waals surface area contributed by atoms with E-state index in [-0.39, 0.29) is 0 Å². The number of esters is 1. The highest BCUT2D eigenvalue weighted by molar-refractivity contribution is 7.19. The number of hydrogen-bond acceptors (Lipinski definition) is 7. The molecule has 0 radical (unpaired) electrons. The van der Waals surface area contributed by atoms with Crippen LogP contribution in [-0.4, -0.2) is 27.2 Å². The van der Waals surface area contributed by atoms with Crippen LogP contribution in [0, 0.1) is 0 Å². The molecule has 3 aromatic carbocycles. The molecule has 1 N–H and O–H groups in total. The maximum absolute atomic E-state index is 13.8. The summed E-state index contributed by atoms with van der Waals surface area (Å²) in [5.74, 6) is -0.597. The minimum atomic E-state index is -0.575. The van der Waals surface area contributed by atoms with Crippen LogP contribution in [0.2, 0.25) is 0 Å². The van der Waals surface area contributed by atoms with Crippen molar-refractivity contribution < 1.29 is 9.53 Å². The quantitative estimate of drug-likeness (QED) is 0.337. The lowest BCUT2D eigenvalue weighted by Gasteiger charge is -2.32. The first kappa shape index (κ1) is 24.6. The van der Waals surface area contributed by atoms with Gasteiger partial charge in [0.05, 0.1) is 34.2 Å². The highest BCUT2D eigenvalue weighted by Gasteiger charge is 2.37. The van der Waals surface area contributed by atoms with Crippen LogP contribution in [-0.2, 0) is 18.8 Å². The second-order valence-electron chi connectivity index (χ2n) is 9.28. The summed E-state index contributed by atoms with van der Waals surface area (Å²) < 4.78 is 8.49. The molecule has 1 atom stereocenters. The first-order valence-corrected chi connectivity index (χ1v) is 13.1. The third kappa shape index (κ3) is 3.98. The number of thiazole rings is 1. The zero-order valence-corrected chi connectivity index (χ0v) is 22.3. The average Bonchev–Trinajstić information content (AvgIpc) is 3.42. The lowest BCUT2D eigenvalue weighted by molar-refractivity contribution is 0.0600. The summed E-state index contributed by atoms with van der Waals surface area (Å²) in [4.78, 5) is 43.9. The fraction of sp³-hybridized carbons (Fsp3) is 0.133. The molecule has 5 aromatic rings. The number of fused-ring (bicyclic) bond motifs is 2. The molecule has 9 heteroatoms. The molecule has 1 aliphatic heterocycles. The molecule has 8 nitrogen and oxygen atoms in total. The molecule has 0 amide bonds. The second-order valence-corrected chi connectivity index (χ2v) is 10.3. The number of para-hydroxylation sites is 1. The predicted molar refractivity (Wildman–Crippen MR) is 153 cm³/mol. The van der Waals surface area contributed by atoms with Gasteiger partial charge in [-0.15, -0.1) is 11.3 Å². The van der Waals surface area contributed by atoms with Gasteiger partial charge in [-0.1, -0.05) is 54.6 Å². The van der Waals surface area contributed by atoms with Gasteiger partial charge in [0.1, 0.15) is 10.8 Å². The molecule has 1 aliphatic rings. The van der Waals surface area contributed by atoms with E-state index in [9.17, 15) is 14.4 Å². The van der Waals surface area contributed by atoms with Gasteiger partial charge in [-0.2, -0.15) is 0 Å². The third-order valence-electron chi connectivity index (χ3n) is 7.04. The molecule has 2 aromatic heterocycles. The van der Waals surface area contributed by atoms with Crippen molar-refractivity contribution >= 4 is 44.6 Å². The summed E-state index contributed by atoms with van der Waals surface area (Å²) >= 11 is 1.54. The van der Waals surface area contributed by atoms with Crippen LogP contribution in [0.15, 0.2) is 88.5 Å². The fourth-order valence-corrected chi connectivity index (χ4v) is 6.12. The van der Waals surface area contributed by atoms with Gasteiger partial charge in [-0.3, -0.25) is 13.9 Å². The van der Waals surface area contributed by atoms with Gasteiger partial charge in [-0.05, 0) is 35.4 Å². The van der Waals surface area contributed by atoms with E-state index in [1.807, 2.05) is 66.7 Å². The zero-order valence-electron chi connectivity index (χ0n) is 21.5. The largest absolute Gasteiger partial charge is 0.465 e. The lowest BCUT2D eigenvalue weighted by Crippen LogP contribution is -2.42. The molecular weight excluding hydrogens is 512 g/mol. The smallest absolute Gasteiger partial charge is 0.337 e. The van der Waals surface area contributed by atoms with Crippen molar-refractivity contribution in [2.75, 3.05) is 12.4 Å². The van der Waals surface area contributed by atoms with Crippen LogP contribution in [0.25, 0.3) is 21.5 Å². The number of nitrogens with zero attached hydrogens (tertiary/aromatic N) is 3. The van der Waals surface area contributed by atoms with Crippen LogP contribution in [0.3, 0.4) is 0 Å². The van der Waals surface area contributed by atoms with Crippen molar-refractivity contribution in [1.29, 1.82) is 0 Å². The SMILES string of the molecule is COC(=O)c1ccc(C2C(c3nc4ccccc4s3)=C(c3ccccc3)Nc3c2c(=O)n(C)c(=O)n3C)cc1. The Morgan fingerprint density at radius 3 is 2.31 bits per heavy atom. The summed E-state index contributed by atoms with van der Waals surface area (Å²) in [7, 11) is 4.47. The van der Waals surface area contributed by atoms with Gasteiger partial charge >= 0.3 is 11.7 Å². The number of carbonyl (C=O) groups is 1. The molecular formula is C30H24N4O4S. The molecule has 0 saturated heterocycles. The van der Waals surface area contributed by atoms with E-state index in [0.717, 1.165) is 42.2 Å². The number of anilines is 1. The van der Waals surface area contributed by atoms with E-state index in [2.05, 4.69) is 5.32 Å². The minimum Gasteiger partial charge on any atom is -0.465 e. The van der Waals surface area contributed by atoms with Gasteiger partial charge in [0.2, 0.25) is 0 Å². The van der Waals surface area contributed by atoms with E-state index in [4.69, 9.17) is 9.72 Å². The number of methoxy groups -OCH3 is 1. The van der Waals surface area contributed by atoms with E-state index in [1.165, 1.54) is 18.7 Å². The van der Waals surface area contributed by atoms with Crippen molar-refractivity contribution in [2.45, 2.75) is 5.92 Å².